The van der Waals surface area contributed by atoms with Crippen molar-refractivity contribution in [2.45, 2.75) is 13.0 Å². The molecule has 1 atom stereocenters. The van der Waals surface area contributed by atoms with Gasteiger partial charge in [-0.15, -0.1) is 0 Å². The van der Waals surface area contributed by atoms with E-state index in [0.29, 0.717) is 21.1 Å². The van der Waals surface area contributed by atoms with Gasteiger partial charge in [0.2, 0.25) is 0 Å². The molecule has 106 valence electrons. The molecule has 0 radical (unpaired) electrons. The third-order valence-electron chi connectivity index (χ3n) is 2.97. The van der Waals surface area contributed by atoms with Crippen LogP contribution in [0.1, 0.15) is 24.1 Å². The van der Waals surface area contributed by atoms with Crippen molar-refractivity contribution in [2.24, 2.45) is 0 Å². The van der Waals surface area contributed by atoms with E-state index in [-0.39, 0.29) is 17.7 Å². The van der Waals surface area contributed by atoms with Crippen molar-refractivity contribution in [1.29, 1.82) is 0 Å². The predicted octanol–water partition coefficient (Wildman–Crippen LogP) is 5.19. The number of benzene rings is 2. The zero-order valence-electron chi connectivity index (χ0n) is 10.8. The summed E-state index contributed by atoms with van der Waals surface area (Å²) in [5, 5.41) is 3.23. The van der Waals surface area contributed by atoms with E-state index in [1.54, 1.807) is 24.3 Å². The number of rotatable bonds is 4. The van der Waals surface area contributed by atoms with Gasteiger partial charge in [0.1, 0.15) is 11.6 Å². The van der Waals surface area contributed by atoms with Crippen molar-refractivity contribution in [3.8, 4) is 0 Å². The van der Waals surface area contributed by atoms with Crippen LogP contribution in [-0.2, 0) is 0 Å². The zero-order chi connectivity index (χ0) is 14.7. The first kappa shape index (κ1) is 15.6. The molecular formula is C15H13Br2F2N. The van der Waals surface area contributed by atoms with Crippen LogP contribution in [0.25, 0.3) is 0 Å². The molecule has 0 heterocycles. The first-order valence-corrected chi connectivity index (χ1v) is 7.75. The molecule has 0 amide bonds. The average Bonchev–Trinajstić information content (AvgIpc) is 2.40. The van der Waals surface area contributed by atoms with E-state index in [2.05, 4.69) is 37.2 Å². The second-order valence-electron chi connectivity index (χ2n) is 4.30. The van der Waals surface area contributed by atoms with Crippen molar-refractivity contribution >= 4 is 31.9 Å². The fourth-order valence-electron chi connectivity index (χ4n) is 2.07. The van der Waals surface area contributed by atoms with Crippen LogP contribution in [0.5, 0.6) is 0 Å². The van der Waals surface area contributed by atoms with Crippen LogP contribution in [0, 0.1) is 11.6 Å². The average molecular weight is 405 g/mol. The summed E-state index contributed by atoms with van der Waals surface area (Å²) in [6.07, 6.45) is 0. The van der Waals surface area contributed by atoms with Gasteiger partial charge in [0, 0.05) is 10.0 Å². The van der Waals surface area contributed by atoms with Crippen LogP contribution in [0.2, 0.25) is 0 Å². The maximum absolute atomic E-state index is 14.3. The highest BCUT2D eigenvalue weighted by atomic mass is 79.9. The Morgan fingerprint density at radius 2 is 1.80 bits per heavy atom. The second-order valence-corrected chi connectivity index (χ2v) is 6.01. The number of hydrogen-bond donors (Lipinski definition) is 1. The molecule has 2 aromatic carbocycles. The third kappa shape index (κ3) is 3.27. The maximum Gasteiger partial charge on any atom is 0.142 e. The highest BCUT2D eigenvalue weighted by molar-refractivity contribution is 9.10. The van der Waals surface area contributed by atoms with Crippen LogP contribution in [0.3, 0.4) is 0 Å². The third-order valence-corrected chi connectivity index (χ3v) is 4.27. The Morgan fingerprint density at radius 3 is 2.45 bits per heavy atom. The van der Waals surface area contributed by atoms with Gasteiger partial charge in [-0.3, -0.25) is 0 Å². The van der Waals surface area contributed by atoms with E-state index in [0.717, 1.165) is 5.56 Å². The highest BCUT2D eigenvalue weighted by Crippen LogP contribution is 2.32. The SMILES string of the molecule is CCNC(c1ccc(F)cc1Br)c1cccc(Br)c1F. The number of nitrogens with one attached hydrogen (secondary N) is 1. The Labute approximate surface area is 133 Å². The molecule has 0 aliphatic rings. The molecule has 0 saturated heterocycles. The monoisotopic (exact) mass is 403 g/mol. The van der Waals surface area contributed by atoms with Gasteiger partial charge in [-0.05, 0) is 46.2 Å². The number of hydrogen-bond acceptors (Lipinski definition) is 1. The summed E-state index contributed by atoms with van der Waals surface area (Å²) in [4.78, 5) is 0. The quantitative estimate of drug-likeness (QED) is 0.739. The summed E-state index contributed by atoms with van der Waals surface area (Å²) in [6, 6.07) is 9.24. The first-order chi connectivity index (χ1) is 9.54. The molecule has 0 saturated carbocycles. The molecule has 1 nitrogen and oxygen atoms in total. The molecule has 0 fully saturated rings. The Balaban J connectivity index is 2.53. The Hall–Kier alpha value is -0.780. The summed E-state index contributed by atoms with van der Waals surface area (Å²) >= 11 is 6.54. The van der Waals surface area contributed by atoms with Gasteiger partial charge in [-0.2, -0.15) is 0 Å². The molecule has 1 unspecified atom stereocenters. The summed E-state index contributed by atoms with van der Waals surface area (Å²) in [5.74, 6) is -0.639. The molecule has 1 N–H and O–H groups in total. The molecule has 0 spiro atoms. The maximum atomic E-state index is 14.3. The van der Waals surface area contributed by atoms with Crippen molar-refractivity contribution in [1.82, 2.24) is 5.32 Å². The van der Waals surface area contributed by atoms with Gasteiger partial charge < -0.3 is 5.32 Å². The lowest BCUT2D eigenvalue weighted by molar-refractivity contribution is 0.552. The van der Waals surface area contributed by atoms with Crippen molar-refractivity contribution < 1.29 is 8.78 Å². The molecule has 2 aromatic rings. The Kier molecular flexibility index (Phi) is 5.29. The second kappa shape index (κ2) is 6.78. The van der Waals surface area contributed by atoms with E-state index in [1.165, 1.54) is 12.1 Å². The van der Waals surface area contributed by atoms with Crippen LogP contribution < -0.4 is 5.32 Å². The molecule has 20 heavy (non-hydrogen) atoms. The van der Waals surface area contributed by atoms with Crippen LogP contribution in [0.4, 0.5) is 8.78 Å². The van der Waals surface area contributed by atoms with Crippen molar-refractivity contribution in [2.75, 3.05) is 6.54 Å². The van der Waals surface area contributed by atoms with E-state index >= 15 is 0 Å². The summed E-state index contributed by atoms with van der Waals surface area (Å²) in [5.41, 5.74) is 1.32. The summed E-state index contributed by atoms with van der Waals surface area (Å²) in [7, 11) is 0. The zero-order valence-corrected chi connectivity index (χ0v) is 13.9. The Morgan fingerprint density at radius 1 is 1.05 bits per heavy atom. The molecule has 0 aliphatic heterocycles. The topological polar surface area (TPSA) is 12.0 Å². The number of halogens is 4. The van der Waals surface area contributed by atoms with Gasteiger partial charge in [0.25, 0.3) is 0 Å². The van der Waals surface area contributed by atoms with Crippen molar-refractivity contribution in [3.05, 3.63) is 68.1 Å². The first-order valence-electron chi connectivity index (χ1n) is 6.16. The molecule has 0 bridgehead atoms. The van der Waals surface area contributed by atoms with Gasteiger partial charge in [0.15, 0.2) is 0 Å². The lowest BCUT2D eigenvalue weighted by Gasteiger charge is -2.21. The van der Waals surface area contributed by atoms with Crippen LogP contribution >= 0.6 is 31.9 Å². The van der Waals surface area contributed by atoms with Crippen LogP contribution in [-0.4, -0.2) is 6.54 Å². The molecule has 0 aromatic heterocycles. The smallest absolute Gasteiger partial charge is 0.142 e. The standard InChI is InChI=1S/C15H13Br2F2N/c1-2-20-15(10-7-6-9(18)8-13(10)17)11-4-3-5-12(16)14(11)19/h3-8,15,20H,2H2,1H3. The van der Waals surface area contributed by atoms with Gasteiger partial charge in [-0.25, -0.2) is 8.78 Å². The fraction of sp³-hybridized carbons (Fsp3) is 0.200. The summed E-state index contributed by atoms with van der Waals surface area (Å²) < 4.78 is 28.5. The van der Waals surface area contributed by atoms with E-state index in [1.807, 2.05) is 6.92 Å². The molecular weight excluding hydrogens is 392 g/mol. The fourth-order valence-corrected chi connectivity index (χ4v) is 3.03. The Bertz CT molecular complexity index is 617. The lowest BCUT2D eigenvalue weighted by Crippen LogP contribution is -2.23. The minimum atomic E-state index is -0.340. The van der Waals surface area contributed by atoms with Crippen LogP contribution in [0.15, 0.2) is 45.3 Å². The van der Waals surface area contributed by atoms with E-state index in [9.17, 15) is 8.78 Å². The van der Waals surface area contributed by atoms with Crippen molar-refractivity contribution in [3.63, 3.8) is 0 Å². The highest BCUT2D eigenvalue weighted by Gasteiger charge is 2.20. The van der Waals surface area contributed by atoms with Gasteiger partial charge in [-0.1, -0.05) is 41.1 Å². The lowest BCUT2D eigenvalue weighted by atomic mass is 9.98. The van der Waals surface area contributed by atoms with Gasteiger partial charge >= 0.3 is 0 Å². The van der Waals surface area contributed by atoms with E-state index < -0.39 is 0 Å². The van der Waals surface area contributed by atoms with Gasteiger partial charge in [0.05, 0.1) is 10.5 Å². The summed E-state index contributed by atoms with van der Waals surface area (Å²) in [6.45, 7) is 2.61. The molecule has 2 rings (SSSR count). The molecule has 5 heteroatoms. The largest absolute Gasteiger partial charge is 0.306 e. The normalized spacial score (nSPS) is 12.4. The predicted molar refractivity (Wildman–Crippen MR) is 83.7 cm³/mol. The minimum absolute atomic E-state index is 0.310. The van der Waals surface area contributed by atoms with E-state index in [4.69, 9.17) is 0 Å². The molecule has 0 aliphatic carbocycles. The minimum Gasteiger partial charge on any atom is -0.306 e.